The molecule has 3 heteroatoms. The molecular weight excluding hydrogens is 310 g/mol. The van der Waals surface area contributed by atoms with Gasteiger partial charge in [0.1, 0.15) is 5.75 Å². The van der Waals surface area contributed by atoms with E-state index >= 15 is 0 Å². The summed E-state index contributed by atoms with van der Waals surface area (Å²) in [6.45, 7) is 13.1. The molecule has 0 aliphatic rings. The van der Waals surface area contributed by atoms with Gasteiger partial charge in [0.05, 0.1) is 12.6 Å². The van der Waals surface area contributed by atoms with Crippen molar-refractivity contribution in [3.63, 3.8) is 0 Å². The summed E-state index contributed by atoms with van der Waals surface area (Å²) in [5, 5.41) is 3.07. The lowest BCUT2D eigenvalue weighted by Gasteiger charge is -2.21. The molecule has 0 saturated heterocycles. The minimum atomic E-state index is -0.0708. The van der Waals surface area contributed by atoms with Crippen LogP contribution in [0.2, 0.25) is 0 Å². The average Bonchev–Trinajstić information content (AvgIpc) is 2.56. The third kappa shape index (κ3) is 4.85. The fraction of sp³-hybridized carbons (Fsp3) is 0.409. The van der Waals surface area contributed by atoms with Gasteiger partial charge in [-0.3, -0.25) is 4.79 Å². The summed E-state index contributed by atoms with van der Waals surface area (Å²) in [6.07, 6.45) is 0. The molecule has 2 aromatic rings. The first-order valence-electron chi connectivity index (χ1n) is 8.87. The van der Waals surface area contributed by atoms with E-state index in [1.807, 2.05) is 39.0 Å². The van der Waals surface area contributed by atoms with Crippen LogP contribution in [-0.4, -0.2) is 12.5 Å². The third-order valence-corrected chi connectivity index (χ3v) is 4.36. The molecule has 2 rings (SSSR count). The number of nitrogens with one attached hydrogen (secondary N) is 1. The van der Waals surface area contributed by atoms with Crippen LogP contribution < -0.4 is 10.1 Å². The quantitative estimate of drug-likeness (QED) is 0.815. The lowest BCUT2D eigenvalue weighted by molar-refractivity contribution is 0.0939. The van der Waals surface area contributed by atoms with Gasteiger partial charge in [-0.15, -0.1) is 0 Å². The number of hydrogen-bond acceptors (Lipinski definition) is 2. The molecule has 3 nitrogen and oxygen atoms in total. The minimum Gasteiger partial charge on any atom is -0.494 e. The lowest BCUT2D eigenvalue weighted by atomic mass is 9.86. The lowest BCUT2D eigenvalue weighted by Crippen LogP contribution is -2.26. The van der Waals surface area contributed by atoms with E-state index in [4.69, 9.17) is 4.74 Å². The first-order valence-corrected chi connectivity index (χ1v) is 8.87. The maximum Gasteiger partial charge on any atom is 0.251 e. The van der Waals surface area contributed by atoms with E-state index < -0.39 is 0 Å². The topological polar surface area (TPSA) is 38.3 Å². The van der Waals surface area contributed by atoms with Gasteiger partial charge < -0.3 is 10.1 Å². The Balaban J connectivity index is 2.08. The number of benzene rings is 2. The predicted molar refractivity (Wildman–Crippen MR) is 103 cm³/mol. The van der Waals surface area contributed by atoms with E-state index in [-0.39, 0.29) is 17.4 Å². The summed E-state index contributed by atoms with van der Waals surface area (Å²) in [7, 11) is 0. The van der Waals surface area contributed by atoms with Gasteiger partial charge in [-0.25, -0.2) is 0 Å². The first kappa shape index (κ1) is 19.0. The zero-order valence-corrected chi connectivity index (χ0v) is 16.1. The Morgan fingerprint density at radius 1 is 1.12 bits per heavy atom. The molecule has 2 aromatic carbocycles. The van der Waals surface area contributed by atoms with Gasteiger partial charge in [0.2, 0.25) is 0 Å². The van der Waals surface area contributed by atoms with Crippen molar-refractivity contribution in [2.24, 2.45) is 0 Å². The number of ether oxygens (including phenoxy) is 1. The molecule has 134 valence electrons. The van der Waals surface area contributed by atoms with Crippen LogP contribution in [0.3, 0.4) is 0 Å². The molecule has 0 spiro atoms. The Hall–Kier alpha value is -2.29. The monoisotopic (exact) mass is 339 g/mol. The number of carbonyl (C=O) groups is 1. The summed E-state index contributed by atoms with van der Waals surface area (Å²) in [5.41, 5.74) is 4.14. The van der Waals surface area contributed by atoms with E-state index in [2.05, 4.69) is 50.4 Å². The molecule has 1 atom stereocenters. The standard InChI is InChI=1S/C22H29NO2/c1-7-25-20-13-10-18(14-15(20)2)21(24)23-16(3)17-8-11-19(12-9-17)22(4,5)6/h8-14,16H,7H2,1-6H3,(H,23,24)/t16-/m0/s1. The maximum atomic E-state index is 12.5. The van der Waals surface area contributed by atoms with Gasteiger partial charge in [0.15, 0.2) is 0 Å². The van der Waals surface area contributed by atoms with Crippen LogP contribution in [0.4, 0.5) is 0 Å². The molecular formula is C22H29NO2. The highest BCUT2D eigenvalue weighted by atomic mass is 16.5. The Morgan fingerprint density at radius 2 is 1.76 bits per heavy atom. The summed E-state index contributed by atoms with van der Waals surface area (Å²) in [6, 6.07) is 13.9. The van der Waals surface area contributed by atoms with Crippen molar-refractivity contribution < 1.29 is 9.53 Å². The summed E-state index contributed by atoms with van der Waals surface area (Å²) in [5.74, 6) is 0.753. The zero-order valence-electron chi connectivity index (χ0n) is 16.1. The predicted octanol–water partition coefficient (Wildman–Crippen LogP) is 5.18. The molecule has 0 saturated carbocycles. The van der Waals surface area contributed by atoms with E-state index in [0.29, 0.717) is 12.2 Å². The van der Waals surface area contributed by atoms with Crippen molar-refractivity contribution in [2.75, 3.05) is 6.61 Å². The molecule has 1 amide bonds. The van der Waals surface area contributed by atoms with Crippen LogP contribution in [0.1, 0.15) is 67.7 Å². The molecule has 0 fully saturated rings. The molecule has 0 unspecified atom stereocenters. The number of rotatable bonds is 5. The number of hydrogen-bond donors (Lipinski definition) is 1. The normalized spacial score (nSPS) is 12.6. The average molecular weight is 339 g/mol. The van der Waals surface area contributed by atoms with Crippen molar-refractivity contribution in [1.29, 1.82) is 0 Å². The number of amides is 1. The Bertz CT molecular complexity index is 727. The van der Waals surface area contributed by atoms with E-state index in [9.17, 15) is 4.79 Å². The van der Waals surface area contributed by atoms with Crippen molar-refractivity contribution in [2.45, 2.75) is 53.0 Å². The van der Waals surface area contributed by atoms with E-state index in [1.165, 1.54) is 5.56 Å². The van der Waals surface area contributed by atoms with Gasteiger partial charge in [-0.2, -0.15) is 0 Å². The van der Waals surface area contributed by atoms with E-state index in [1.54, 1.807) is 0 Å². The minimum absolute atomic E-state index is 0.0478. The Kier molecular flexibility index (Phi) is 5.89. The second-order valence-electron chi connectivity index (χ2n) is 7.48. The van der Waals surface area contributed by atoms with E-state index in [0.717, 1.165) is 16.9 Å². The van der Waals surface area contributed by atoms with Gasteiger partial charge in [0.25, 0.3) is 5.91 Å². The fourth-order valence-electron chi connectivity index (χ4n) is 2.74. The summed E-state index contributed by atoms with van der Waals surface area (Å²) >= 11 is 0. The highest BCUT2D eigenvalue weighted by molar-refractivity contribution is 5.94. The van der Waals surface area contributed by atoms with Crippen molar-refractivity contribution in [3.8, 4) is 5.75 Å². The van der Waals surface area contributed by atoms with Crippen molar-refractivity contribution in [1.82, 2.24) is 5.32 Å². The largest absolute Gasteiger partial charge is 0.494 e. The van der Waals surface area contributed by atoms with Crippen LogP contribution in [0.5, 0.6) is 5.75 Å². The zero-order chi connectivity index (χ0) is 18.6. The van der Waals surface area contributed by atoms with Crippen molar-refractivity contribution >= 4 is 5.91 Å². The van der Waals surface area contributed by atoms with Crippen LogP contribution in [0.15, 0.2) is 42.5 Å². The van der Waals surface area contributed by atoms with Crippen LogP contribution in [0, 0.1) is 6.92 Å². The van der Waals surface area contributed by atoms with Gasteiger partial charge in [-0.1, -0.05) is 45.0 Å². The SMILES string of the molecule is CCOc1ccc(C(=O)N[C@@H](C)c2ccc(C(C)(C)C)cc2)cc1C. The van der Waals surface area contributed by atoms with Gasteiger partial charge in [-0.05, 0) is 61.1 Å². The molecule has 0 aliphatic heterocycles. The molecule has 0 heterocycles. The second-order valence-corrected chi connectivity index (χ2v) is 7.48. The van der Waals surface area contributed by atoms with Crippen LogP contribution in [-0.2, 0) is 5.41 Å². The highest BCUT2D eigenvalue weighted by Crippen LogP contribution is 2.24. The molecule has 0 bridgehead atoms. The Labute approximate surface area is 151 Å². The third-order valence-electron chi connectivity index (χ3n) is 4.36. The van der Waals surface area contributed by atoms with Crippen LogP contribution in [0.25, 0.3) is 0 Å². The molecule has 25 heavy (non-hydrogen) atoms. The number of aryl methyl sites for hydroxylation is 1. The Morgan fingerprint density at radius 3 is 2.28 bits per heavy atom. The van der Waals surface area contributed by atoms with Gasteiger partial charge in [0, 0.05) is 5.56 Å². The van der Waals surface area contributed by atoms with Crippen LogP contribution >= 0.6 is 0 Å². The maximum absolute atomic E-state index is 12.5. The smallest absolute Gasteiger partial charge is 0.251 e. The molecule has 0 aromatic heterocycles. The number of carbonyl (C=O) groups excluding carboxylic acids is 1. The molecule has 0 radical (unpaired) electrons. The fourth-order valence-corrected chi connectivity index (χ4v) is 2.74. The summed E-state index contributed by atoms with van der Waals surface area (Å²) in [4.78, 5) is 12.5. The van der Waals surface area contributed by atoms with Crippen molar-refractivity contribution in [3.05, 3.63) is 64.7 Å². The summed E-state index contributed by atoms with van der Waals surface area (Å²) < 4.78 is 5.53. The first-order chi connectivity index (χ1) is 11.7. The second kappa shape index (κ2) is 7.73. The molecule has 1 N–H and O–H groups in total. The highest BCUT2D eigenvalue weighted by Gasteiger charge is 2.16. The molecule has 0 aliphatic carbocycles. The van der Waals surface area contributed by atoms with Gasteiger partial charge >= 0.3 is 0 Å².